The molecular weight excluding hydrogens is 370 g/mol. The molecule has 0 bridgehead atoms. The number of nitrogens with zero attached hydrogens (tertiary/aromatic N) is 6. The van der Waals surface area contributed by atoms with Crippen molar-refractivity contribution >= 4 is 29.6 Å². The summed E-state index contributed by atoms with van der Waals surface area (Å²) in [6, 6.07) is 3.81. The Balaban J connectivity index is 1.46. The number of aliphatic hydroxyl groups is 1. The monoisotopic (exact) mass is 391 g/mol. The lowest BCUT2D eigenvalue weighted by Crippen LogP contribution is -2.49. The SMILES string of the molecule is O=C1CNc2ncc(-c3ccc(C4=NCC=N4)nc3)nc2N1C1CCC(O)CC1. The van der Waals surface area contributed by atoms with Crippen LogP contribution in [0.25, 0.3) is 11.3 Å². The number of anilines is 2. The van der Waals surface area contributed by atoms with Crippen LogP contribution in [0.5, 0.6) is 0 Å². The van der Waals surface area contributed by atoms with E-state index in [0.29, 0.717) is 48.2 Å². The molecule has 148 valence electrons. The van der Waals surface area contributed by atoms with E-state index >= 15 is 0 Å². The van der Waals surface area contributed by atoms with E-state index in [9.17, 15) is 9.90 Å². The van der Waals surface area contributed by atoms with Crippen LogP contribution in [-0.4, -0.2) is 63.3 Å². The van der Waals surface area contributed by atoms with Crippen molar-refractivity contribution in [1.82, 2.24) is 15.0 Å². The quantitative estimate of drug-likeness (QED) is 0.818. The molecule has 1 amide bonds. The second kappa shape index (κ2) is 7.32. The summed E-state index contributed by atoms with van der Waals surface area (Å²) >= 11 is 0. The molecule has 0 unspecified atom stereocenters. The second-order valence-electron chi connectivity index (χ2n) is 7.42. The van der Waals surface area contributed by atoms with E-state index < -0.39 is 0 Å². The minimum atomic E-state index is -0.278. The molecule has 2 aliphatic heterocycles. The molecule has 4 heterocycles. The number of amidine groups is 1. The highest BCUT2D eigenvalue weighted by Gasteiger charge is 2.34. The molecule has 2 aromatic heterocycles. The van der Waals surface area contributed by atoms with E-state index in [0.717, 1.165) is 18.4 Å². The van der Waals surface area contributed by atoms with Crippen molar-refractivity contribution in [2.75, 3.05) is 23.3 Å². The van der Waals surface area contributed by atoms with Gasteiger partial charge in [-0.25, -0.2) is 15.0 Å². The molecule has 1 saturated carbocycles. The fraction of sp³-hybridized carbons (Fsp3) is 0.400. The van der Waals surface area contributed by atoms with Crippen LogP contribution in [0.4, 0.5) is 11.6 Å². The lowest BCUT2D eigenvalue weighted by Gasteiger charge is -2.38. The Labute approximate surface area is 167 Å². The van der Waals surface area contributed by atoms with Gasteiger partial charge in [-0.2, -0.15) is 0 Å². The summed E-state index contributed by atoms with van der Waals surface area (Å²) in [5, 5.41) is 12.9. The summed E-state index contributed by atoms with van der Waals surface area (Å²) in [6.45, 7) is 0.795. The number of carbonyl (C=O) groups excluding carboxylic acids is 1. The van der Waals surface area contributed by atoms with E-state index in [1.165, 1.54) is 0 Å². The molecule has 0 saturated heterocycles. The fourth-order valence-electron chi connectivity index (χ4n) is 3.99. The zero-order chi connectivity index (χ0) is 19.8. The molecule has 0 aromatic carbocycles. The van der Waals surface area contributed by atoms with Crippen molar-refractivity contribution in [2.24, 2.45) is 9.98 Å². The number of fused-ring (bicyclic) bond motifs is 1. The molecule has 9 nitrogen and oxygen atoms in total. The molecule has 2 N–H and O–H groups in total. The molecule has 0 radical (unpaired) electrons. The van der Waals surface area contributed by atoms with Gasteiger partial charge in [-0.1, -0.05) is 0 Å². The molecule has 0 atom stereocenters. The summed E-state index contributed by atoms with van der Waals surface area (Å²) in [5.74, 6) is 1.78. The number of rotatable bonds is 3. The minimum absolute atomic E-state index is 0.0177. The van der Waals surface area contributed by atoms with Crippen LogP contribution in [-0.2, 0) is 4.79 Å². The van der Waals surface area contributed by atoms with Crippen molar-refractivity contribution in [3.05, 3.63) is 30.2 Å². The molecule has 9 heteroatoms. The fourth-order valence-corrected chi connectivity index (χ4v) is 3.99. The van der Waals surface area contributed by atoms with Gasteiger partial charge in [0.1, 0.15) is 5.69 Å². The molecule has 5 rings (SSSR count). The number of hydrogen-bond donors (Lipinski definition) is 2. The lowest BCUT2D eigenvalue weighted by atomic mass is 9.91. The summed E-state index contributed by atoms with van der Waals surface area (Å²) in [4.78, 5) is 36.6. The Bertz CT molecular complexity index is 994. The zero-order valence-corrected chi connectivity index (χ0v) is 15.8. The highest BCUT2D eigenvalue weighted by molar-refractivity contribution is 6.05. The Hall–Kier alpha value is -3.20. The normalized spacial score (nSPS) is 23.6. The number of pyridine rings is 1. The number of carbonyl (C=O) groups is 1. The van der Waals surface area contributed by atoms with Crippen LogP contribution in [0.1, 0.15) is 31.4 Å². The zero-order valence-electron chi connectivity index (χ0n) is 15.8. The lowest BCUT2D eigenvalue weighted by molar-refractivity contribution is -0.118. The number of aromatic nitrogens is 3. The van der Waals surface area contributed by atoms with Crippen molar-refractivity contribution in [1.29, 1.82) is 0 Å². The third-order valence-electron chi connectivity index (χ3n) is 5.51. The molecule has 3 aliphatic rings. The van der Waals surface area contributed by atoms with Crippen molar-refractivity contribution in [3.63, 3.8) is 0 Å². The summed E-state index contributed by atoms with van der Waals surface area (Å²) in [5.41, 5.74) is 2.17. The molecule has 2 aromatic rings. The number of aliphatic imine (C=N–C) groups is 2. The van der Waals surface area contributed by atoms with Crippen molar-refractivity contribution < 1.29 is 9.90 Å². The number of amides is 1. The predicted octanol–water partition coefficient (Wildman–Crippen LogP) is 1.43. The van der Waals surface area contributed by atoms with E-state index in [4.69, 9.17) is 4.98 Å². The predicted molar refractivity (Wildman–Crippen MR) is 109 cm³/mol. The van der Waals surface area contributed by atoms with Gasteiger partial charge in [0.05, 0.1) is 31.1 Å². The maximum atomic E-state index is 12.7. The highest BCUT2D eigenvalue weighted by atomic mass is 16.3. The first-order valence-corrected chi connectivity index (χ1v) is 9.84. The summed E-state index contributed by atoms with van der Waals surface area (Å²) in [7, 11) is 0. The van der Waals surface area contributed by atoms with Gasteiger partial charge in [-0.15, -0.1) is 0 Å². The summed E-state index contributed by atoms with van der Waals surface area (Å²) in [6.07, 6.45) is 7.80. The smallest absolute Gasteiger partial charge is 0.247 e. The van der Waals surface area contributed by atoms with Crippen LogP contribution >= 0.6 is 0 Å². The van der Waals surface area contributed by atoms with E-state index in [1.807, 2.05) is 12.1 Å². The van der Waals surface area contributed by atoms with Crippen LogP contribution in [0, 0.1) is 0 Å². The van der Waals surface area contributed by atoms with Crippen LogP contribution < -0.4 is 10.2 Å². The standard InChI is InChI=1S/C20H21N7O2/c28-14-4-2-13(3-5-14)27-17(29)11-25-19-20(27)26-16(10-24-19)12-1-6-15(23-9-12)18-21-7-8-22-18/h1,6-7,9-10,13-14,28H,2-5,8,11H2,(H,24,25). The van der Waals surface area contributed by atoms with Gasteiger partial charge in [0, 0.05) is 24.0 Å². The Morgan fingerprint density at radius 2 is 1.93 bits per heavy atom. The highest BCUT2D eigenvalue weighted by Crippen LogP contribution is 2.34. The van der Waals surface area contributed by atoms with Gasteiger partial charge in [-0.3, -0.25) is 19.7 Å². The van der Waals surface area contributed by atoms with Gasteiger partial charge >= 0.3 is 0 Å². The van der Waals surface area contributed by atoms with Crippen LogP contribution in [0.3, 0.4) is 0 Å². The van der Waals surface area contributed by atoms with Gasteiger partial charge in [0.15, 0.2) is 17.5 Å². The maximum Gasteiger partial charge on any atom is 0.247 e. The van der Waals surface area contributed by atoms with Crippen LogP contribution in [0.2, 0.25) is 0 Å². The number of aliphatic hydroxyl groups excluding tert-OH is 1. The molecule has 0 spiro atoms. The molecule has 1 aliphatic carbocycles. The first kappa shape index (κ1) is 17.9. The minimum Gasteiger partial charge on any atom is -0.393 e. The van der Waals surface area contributed by atoms with Gasteiger partial charge in [-0.05, 0) is 37.8 Å². The number of hydrogen-bond acceptors (Lipinski definition) is 8. The van der Waals surface area contributed by atoms with E-state index in [2.05, 4.69) is 25.3 Å². The van der Waals surface area contributed by atoms with Gasteiger partial charge in [0.25, 0.3) is 0 Å². The average molecular weight is 391 g/mol. The second-order valence-corrected chi connectivity index (χ2v) is 7.42. The Morgan fingerprint density at radius 1 is 1.07 bits per heavy atom. The van der Waals surface area contributed by atoms with Gasteiger partial charge in [0.2, 0.25) is 5.91 Å². The largest absolute Gasteiger partial charge is 0.393 e. The van der Waals surface area contributed by atoms with Gasteiger partial charge < -0.3 is 10.4 Å². The molecular formula is C20H21N7O2. The molecule has 29 heavy (non-hydrogen) atoms. The third kappa shape index (κ3) is 3.38. The number of nitrogens with one attached hydrogen (secondary N) is 1. The maximum absolute atomic E-state index is 12.7. The Morgan fingerprint density at radius 3 is 2.66 bits per heavy atom. The topological polar surface area (TPSA) is 116 Å². The van der Waals surface area contributed by atoms with Crippen molar-refractivity contribution in [3.8, 4) is 11.3 Å². The van der Waals surface area contributed by atoms with Crippen molar-refractivity contribution in [2.45, 2.75) is 37.8 Å². The average Bonchev–Trinajstić information content (AvgIpc) is 3.29. The molecule has 1 fully saturated rings. The first-order chi connectivity index (χ1) is 14.2. The Kier molecular flexibility index (Phi) is 4.51. The third-order valence-corrected chi connectivity index (χ3v) is 5.51. The summed E-state index contributed by atoms with van der Waals surface area (Å²) < 4.78 is 0. The van der Waals surface area contributed by atoms with E-state index in [-0.39, 0.29) is 24.6 Å². The van der Waals surface area contributed by atoms with Crippen LogP contribution in [0.15, 0.2) is 34.5 Å². The first-order valence-electron chi connectivity index (χ1n) is 9.84. The van der Waals surface area contributed by atoms with E-state index in [1.54, 1.807) is 23.5 Å².